The number of carbonyl (C=O) groups is 1. The molecule has 1 rings (SSSR count). The van der Waals surface area contributed by atoms with Crippen molar-refractivity contribution in [2.75, 3.05) is 0 Å². The Bertz CT molecular complexity index is 419. The minimum Gasteiger partial charge on any atom is -0.294 e. The lowest BCUT2D eigenvalue weighted by molar-refractivity contribution is -0.138. The fourth-order valence-electron chi connectivity index (χ4n) is 1.86. The lowest BCUT2D eigenvalue weighted by Crippen LogP contribution is -2.12. The Labute approximate surface area is 92.3 Å². The molecule has 0 heterocycles. The molecule has 0 amide bonds. The molecular formula is C12H13F3O. The summed E-state index contributed by atoms with van der Waals surface area (Å²) in [5.41, 5.74) is 0.171. The van der Waals surface area contributed by atoms with Gasteiger partial charge in [0.1, 0.15) is 0 Å². The van der Waals surface area contributed by atoms with Crippen LogP contribution in [0.3, 0.4) is 0 Å². The van der Waals surface area contributed by atoms with Crippen LogP contribution in [-0.2, 0) is 12.6 Å². The highest BCUT2D eigenvalue weighted by Gasteiger charge is 2.33. The summed E-state index contributed by atoms with van der Waals surface area (Å²) in [6.45, 7) is 4.45. The molecule has 0 unspecified atom stereocenters. The highest BCUT2D eigenvalue weighted by Crippen LogP contribution is 2.34. The van der Waals surface area contributed by atoms with E-state index < -0.39 is 11.7 Å². The van der Waals surface area contributed by atoms with E-state index in [1.165, 1.54) is 19.9 Å². The summed E-state index contributed by atoms with van der Waals surface area (Å²) in [7, 11) is 0. The molecule has 0 bridgehead atoms. The molecule has 0 atom stereocenters. The summed E-state index contributed by atoms with van der Waals surface area (Å²) in [4.78, 5) is 11.4. The number of hydrogen-bond donors (Lipinski definition) is 0. The summed E-state index contributed by atoms with van der Waals surface area (Å²) in [5.74, 6) is -0.319. The molecular weight excluding hydrogens is 217 g/mol. The predicted molar refractivity (Wildman–Crippen MR) is 55.6 cm³/mol. The van der Waals surface area contributed by atoms with Crippen molar-refractivity contribution in [2.24, 2.45) is 0 Å². The van der Waals surface area contributed by atoms with Crippen LogP contribution >= 0.6 is 0 Å². The molecule has 0 saturated carbocycles. The van der Waals surface area contributed by atoms with Crippen molar-refractivity contribution in [1.29, 1.82) is 0 Å². The van der Waals surface area contributed by atoms with E-state index in [0.717, 1.165) is 6.07 Å². The Morgan fingerprint density at radius 3 is 2.25 bits per heavy atom. The highest BCUT2D eigenvalue weighted by molar-refractivity contribution is 5.97. The second kappa shape index (κ2) is 4.28. The molecule has 88 valence electrons. The van der Waals surface area contributed by atoms with Crippen LogP contribution in [-0.4, -0.2) is 5.78 Å². The minimum absolute atomic E-state index is 0.0272. The number of alkyl halides is 3. The van der Waals surface area contributed by atoms with Gasteiger partial charge in [-0.2, -0.15) is 13.2 Å². The standard InChI is InChI=1S/C12H13F3O/c1-4-9-5-6-10(12(13,14)15)7(2)11(9)8(3)16/h5-6H,4H2,1-3H3. The fraction of sp³-hybridized carbons (Fsp3) is 0.417. The Kier molecular flexibility index (Phi) is 3.41. The van der Waals surface area contributed by atoms with Gasteiger partial charge in [0.25, 0.3) is 0 Å². The molecule has 0 saturated heterocycles. The number of hydrogen-bond acceptors (Lipinski definition) is 1. The average molecular weight is 230 g/mol. The smallest absolute Gasteiger partial charge is 0.294 e. The van der Waals surface area contributed by atoms with Crippen molar-refractivity contribution >= 4 is 5.78 Å². The Balaban J connectivity index is 3.50. The zero-order chi connectivity index (χ0) is 12.5. The van der Waals surface area contributed by atoms with E-state index >= 15 is 0 Å². The topological polar surface area (TPSA) is 17.1 Å². The maximum Gasteiger partial charge on any atom is 0.416 e. The highest BCUT2D eigenvalue weighted by atomic mass is 19.4. The SMILES string of the molecule is CCc1ccc(C(F)(F)F)c(C)c1C(C)=O. The van der Waals surface area contributed by atoms with Gasteiger partial charge in [-0.3, -0.25) is 4.79 Å². The van der Waals surface area contributed by atoms with Crippen LogP contribution in [0.15, 0.2) is 12.1 Å². The number of rotatable bonds is 2. The molecule has 0 aromatic heterocycles. The van der Waals surface area contributed by atoms with Crippen LogP contribution in [0.4, 0.5) is 13.2 Å². The van der Waals surface area contributed by atoms with Crippen molar-refractivity contribution in [1.82, 2.24) is 0 Å². The number of carbonyl (C=O) groups excluding carboxylic acids is 1. The van der Waals surface area contributed by atoms with E-state index in [2.05, 4.69) is 0 Å². The first-order valence-corrected chi connectivity index (χ1v) is 4.99. The summed E-state index contributed by atoms with van der Waals surface area (Å²) in [5, 5.41) is 0. The van der Waals surface area contributed by atoms with Gasteiger partial charge >= 0.3 is 6.18 Å². The van der Waals surface area contributed by atoms with Crippen molar-refractivity contribution in [3.05, 3.63) is 34.4 Å². The maximum atomic E-state index is 12.6. The third-order valence-electron chi connectivity index (χ3n) is 2.59. The molecule has 1 aromatic carbocycles. The number of ketones is 1. The van der Waals surface area contributed by atoms with E-state index in [1.807, 2.05) is 6.92 Å². The summed E-state index contributed by atoms with van der Waals surface area (Å²) < 4.78 is 37.8. The molecule has 4 heteroatoms. The fourth-order valence-corrected chi connectivity index (χ4v) is 1.86. The van der Waals surface area contributed by atoms with Gasteiger partial charge in [-0.05, 0) is 37.5 Å². The average Bonchev–Trinajstić information content (AvgIpc) is 2.14. The number of halogens is 3. The summed E-state index contributed by atoms with van der Waals surface area (Å²) >= 11 is 0. The van der Waals surface area contributed by atoms with E-state index in [0.29, 0.717) is 12.0 Å². The van der Waals surface area contributed by atoms with Gasteiger partial charge in [0, 0.05) is 5.56 Å². The van der Waals surface area contributed by atoms with E-state index in [-0.39, 0.29) is 16.9 Å². The molecule has 0 aliphatic rings. The van der Waals surface area contributed by atoms with E-state index in [1.54, 1.807) is 0 Å². The van der Waals surface area contributed by atoms with Gasteiger partial charge in [0.15, 0.2) is 5.78 Å². The first-order valence-electron chi connectivity index (χ1n) is 4.99. The van der Waals surface area contributed by atoms with Crippen LogP contribution in [0.5, 0.6) is 0 Å². The lowest BCUT2D eigenvalue weighted by atomic mass is 9.93. The van der Waals surface area contributed by atoms with Crippen molar-refractivity contribution in [3.63, 3.8) is 0 Å². The van der Waals surface area contributed by atoms with Crippen molar-refractivity contribution in [3.8, 4) is 0 Å². The molecule has 1 aromatic rings. The number of Topliss-reactive ketones (excluding diaryl/α,β-unsaturated/α-hetero) is 1. The Hall–Kier alpha value is -1.32. The van der Waals surface area contributed by atoms with Gasteiger partial charge in [0.2, 0.25) is 0 Å². The molecule has 0 aliphatic heterocycles. The largest absolute Gasteiger partial charge is 0.416 e. The first-order chi connectivity index (χ1) is 7.29. The van der Waals surface area contributed by atoms with Crippen molar-refractivity contribution in [2.45, 2.75) is 33.4 Å². The zero-order valence-corrected chi connectivity index (χ0v) is 9.40. The van der Waals surface area contributed by atoms with E-state index in [9.17, 15) is 18.0 Å². The molecule has 0 aliphatic carbocycles. The maximum absolute atomic E-state index is 12.6. The monoisotopic (exact) mass is 230 g/mol. The normalized spacial score (nSPS) is 11.6. The molecule has 0 spiro atoms. The van der Waals surface area contributed by atoms with Gasteiger partial charge in [0.05, 0.1) is 5.56 Å². The molecule has 1 nitrogen and oxygen atoms in total. The van der Waals surface area contributed by atoms with Crippen LogP contribution in [0.2, 0.25) is 0 Å². The van der Waals surface area contributed by atoms with Gasteiger partial charge < -0.3 is 0 Å². The summed E-state index contributed by atoms with van der Waals surface area (Å²) in [6, 6.07) is 2.42. The minimum atomic E-state index is -4.40. The third kappa shape index (κ3) is 2.26. The Morgan fingerprint density at radius 1 is 1.31 bits per heavy atom. The number of aryl methyl sites for hydroxylation is 1. The van der Waals surface area contributed by atoms with Crippen LogP contribution < -0.4 is 0 Å². The summed E-state index contributed by atoms with van der Waals surface area (Å²) in [6.07, 6.45) is -3.85. The quantitative estimate of drug-likeness (QED) is 0.706. The van der Waals surface area contributed by atoms with Crippen LogP contribution in [0.25, 0.3) is 0 Å². The zero-order valence-electron chi connectivity index (χ0n) is 9.40. The van der Waals surface area contributed by atoms with Gasteiger partial charge in [-0.15, -0.1) is 0 Å². The Morgan fingerprint density at radius 2 is 1.88 bits per heavy atom. The first kappa shape index (κ1) is 12.7. The predicted octanol–water partition coefficient (Wildman–Crippen LogP) is 3.78. The second-order valence-electron chi connectivity index (χ2n) is 3.68. The van der Waals surface area contributed by atoms with Gasteiger partial charge in [-0.1, -0.05) is 13.0 Å². The van der Waals surface area contributed by atoms with Crippen LogP contribution in [0, 0.1) is 6.92 Å². The van der Waals surface area contributed by atoms with Crippen LogP contribution in [0.1, 0.15) is 40.9 Å². The number of benzene rings is 1. The van der Waals surface area contributed by atoms with Gasteiger partial charge in [-0.25, -0.2) is 0 Å². The molecule has 16 heavy (non-hydrogen) atoms. The lowest BCUT2D eigenvalue weighted by Gasteiger charge is -2.15. The molecule has 0 radical (unpaired) electrons. The third-order valence-corrected chi connectivity index (χ3v) is 2.59. The van der Waals surface area contributed by atoms with E-state index in [4.69, 9.17) is 0 Å². The second-order valence-corrected chi connectivity index (χ2v) is 3.68. The molecule has 0 fully saturated rings. The molecule has 0 N–H and O–H groups in total. The van der Waals surface area contributed by atoms with Crippen molar-refractivity contribution < 1.29 is 18.0 Å².